The summed E-state index contributed by atoms with van der Waals surface area (Å²) in [5.74, 6) is 0.608. The average molecular weight is 405 g/mol. The van der Waals surface area contributed by atoms with Crippen LogP contribution in [0.1, 0.15) is 43.8 Å². The van der Waals surface area contributed by atoms with E-state index in [1.807, 2.05) is 22.4 Å². The van der Waals surface area contributed by atoms with Gasteiger partial charge in [-0.1, -0.05) is 13.0 Å². The van der Waals surface area contributed by atoms with Crippen LogP contribution in [0.2, 0.25) is 0 Å². The van der Waals surface area contributed by atoms with Crippen LogP contribution < -0.4 is 10.2 Å². The van der Waals surface area contributed by atoms with Crippen LogP contribution in [-0.2, 0) is 12.8 Å². The van der Waals surface area contributed by atoms with Crippen molar-refractivity contribution in [2.75, 3.05) is 38.5 Å². The molecule has 7 heteroatoms. The molecule has 1 aliphatic carbocycles. The minimum atomic E-state index is -0.117. The lowest BCUT2D eigenvalue weighted by Gasteiger charge is -2.30. The zero-order valence-corrected chi connectivity index (χ0v) is 17.5. The zero-order chi connectivity index (χ0) is 19.0. The molecule has 0 bridgehead atoms. The molecule has 0 saturated carbocycles. The standard InChI is InChI=1S/C20H25N3O2S2/c1-13-5-6-14-16(12-13)27-19(21-18(24)15-4-3-11-26-15)17(14)20(25)23-9-7-22(2)8-10-23/h3-4,11,13H,5-10,12H2,1-2H3,(H,21,24)/p+1. The first-order chi connectivity index (χ1) is 13.0. The largest absolute Gasteiger partial charge is 0.334 e. The van der Waals surface area contributed by atoms with E-state index in [-0.39, 0.29) is 11.8 Å². The van der Waals surface area contributed by atoms with E-state index in [4.69, 9.17) is 0 Å². The minimum Gasteiger partial charge on any atom is -0.334 e. The summed E-state index contributed by atoms with van der Waals surface area (Å²) in [5, 5.41) is 5.69. The predicted molar refractivity (Wildman–Crippen MR) is 110 cm³/mol. The number of hydrogen-bond donors (Lipinski definition) is 2. The van der Waals surface area contributed by atoms with Crippen molar-refractivity contribution in [2.24, 2.45) is 5.92 Å². The molecule has 2 aliphatic rings. The average Bonchev–Trinajstić information content (AvgIpc) is 3.29. The minimum absolute atomic E-state index is 0.0935. The maximum atomic E-state index is 13.4. The lowest BCUT2D eigenvalue weighted by atomic mass is 9.88. The van der Waals surface area contributed by atoms with Gasteiger partial charge in [-0.05, 0) is 42.2 Å². The number of nitrogens with one attached hydrogen (secondary N) is 2. The molecule has 2 N–H and O–H groups in total. The van der Waals surface area contributed by atoms with E-state index in [9.17, 15) is 9.59 Å². The first kappa shape index (κ1) is 18.7. The summed E-state index contributed by atoms with van der Waals surface area (Å²) >= 11 is 3.03. The molecule has 1 aliphatic heterocycles. The van der Waals surface area contributed by atoms with Crippen molar-refractivity contribution in [3.8, 4) is 0 Å². The highest BCUT2D eigenvalue weighted by Crippen LogP contribution is 2.40. The smallest absolute Gasteiger partial charge is 0.266 e. The van der Waals surface area contributed by atoms with Gasteiger partial charge < -0.3 is 15.1 Å². The number of thiophene rings is 2. The Balaban J connectivity index is 1.65. The fraction of sp³-hybridized carbons (Fsp3) is 0.500. The van der Waals surface area contributed by atoms with Gasteiger partial charge in [0.2, 0.25) is 0 Å². The number of amides is 2. The monoisotopic (exact) mass is 404 g/mol. The highest BCUT2D eigenvalue weighted by Gasteiger charge is 2.32. The van der Waals surface area contributed by atoms with Crippen molar-refractivity contribution in [1.29, 1.82) is 0 Å². The molecule has 3 heterocycles. The second kappa shape index (κ2) is 7.73. The zero-order valence-electron chi connectivity index (χ0n) is 15.8. The SMILES string of the molecule is CC1CCc2c(sc(NC(=O)c3cccs3)c2C(=O)N2CC[NH+](C)CC2)C1. The number of anilines is 1. The maximum Gasteiger partial charge on any atom is 0.266 e. The Labute approximate surface area is 168 Å². The summed E-state index contributed by atoms with van der Waals surface area (Å²) in [6.45, 7) is 5.78. The third-order valence-corrected chi connectivity index (χ3v) is 7.64. The number of carbonyl (C=O) groups excluding carboxylic acids is 2. The van der Waals surface area contributed by atoms with E-state index in [1.165, 1.54) is 26.7 Å². The first-order valence-electron chi connectivity index (χ1n) is 9.63. The third kappa shape index (κ3) is 3.81. The molecule has 2 aromatic heterocycles. The predicted octanol–water partition coefficient (Wildman–Crippen LogP) is 2.16. The third-order valence-electron chi connectivity index (χ3n) is 5.60. The fourth-order valence-corrected chi connectivity index (χ4v) is 5.90. The summed E-state index contributed by atoms with van der Waals surface area (Å²) in [4.78, 5) is 31.4. The van der Waals surface area contributed by atoms with Crippen molar-refractivity contribution in [3.05, 3.63) is 38.4 Å². The normalized spacial score (nSPS) is 20.4. The van der Waals surface area contributed by atoms with E-state index in [1.54, 1.807) is 11.3 Å². The molecule has 2 aromatic rings. The van der Waals surface area contributed by atoms with Crippen LogP contribution in [0.3, 0.4) is 0 Å². The summed E-state index contributed by atoms with van der Waals surface area (Å²) in [6, 6.07) is 3.69. The second-order valence-electron chi connectivity index (χ2n) is 7.74. The highest BCUT2D eigenvalue weighted by atomic mass is 32.1. The van der Waals surface area contributed by atoms with Crippen LogP contribution in [0, 0.1) is 5.92 Å². The molecule has 1 fully saturated rings. The van der Waals surface area contributed by atoms with Gasteiger partial charge in [0.25, 0.3) is 11.8 Å². The molecular formula is C20H26N3O2S2+. The van der Waals surface area contributed by atoms with Crippen molar-refractivity contribution in [3.63, 3.8) is 0 Å². The number of hydrogen-bond acceptors (Lipinski definition) is 4. The number of quaternary nitrogens is 1. The summed E-state index contributed by atoms with van der Waals surface area (Å²) in [5.41, 5.74) is 1.93. The first-order valence-corrected chi connectivity index (χ1v) is 11.3. The topological polar surface area (TPSA) is 53.9 Å². The van der Waals surface area contributed by atoms with Crippen molar-refractivity contribution >= 4 is 39.5 Å². The summed E-state index contributed by atoms with van der Waals surface area (Å²) in [7, 11) is 2.17. The molecule has 0 spiro atoms. The Kier molecular flexibility index (Phi) is 5.34. The number of piperazine rings is 1. The van der Waals surface area contributed by atoms with Gasteiger partial charge in [0.15, 0.2) is 0 Å². The van der Waals surface area contributed by atoms with Crippen LogP contribution in [0.25, 0.3) is 0 Å². The van der Waals surface area contributed by atoms with Gasteiger partial charge in [0, 0.05) is 4.88 Å². The fourth-order valence-electron chi connectivity index (χ4n) is 3.89. The lowest BCUT2D eigenvalue weighted by molar-refractivity contribution is -0.883. The molecule has 5 nitrogen and oxygen atoms in total. The molecule has 4 rings (SSSR count). The molecule has 0 aromatic carbocycles. The Morgan fingerprint density at radius 3 is 2.78 bits per heavy atom. The Morgan fingerprint density at radius 2 is 2.07 bits per heavy atom. The van der Waals surface area contributed by atoms with Crippen LogP contribution in [0.15, 0.2) is 17.5 Å². The van der Waals surface area contributed by atoms with Crippen LogP contribution in [-0.4, -0.2) is 49.9 Å². The van der Waals surface area contributed by atoms with Crippen molar-refractivity contribution < 1.29 is 14.5 Å². The van der Waals surface area contributed by atoms with Gasteiger partial charge in [-0.15, -0.1) is 22.7 Å². The molecule has 1 atom stereocenters. The number of rotatable bonds is 3. The van der Waals surface area contributed by atoms with Crippen molar-refractivity contribution in [2.45, 2.75) is 26.2 Å². The molecule has 0 radical (unpaired) electrons. The van der Waals surface area contributed by atoms with E-state index in [0.29, 0.717) is 10.8 Å². The number of fused-ring (bicyclic) bond motifs is 1. The molecular weight excluding hydrogens is 378 g/mol. The molecule has 1 unspecified atom stereocenters. The van der Waals surface area contributed by atoms with Gasteiger partial charge in [0.1, 0.15) is 5.00 Å². The van der Waals surface area contributed by atoms with E-state index < -0.39 is 0 Å². The summed E-state index contributed by atoms with van der Waals surface area (Å²) < 4.78 is 0. The number of likely N-dealkylation sites (N-methyl/N-ethyl adjacent to an activating group) is 1. The van der Waals surface area contributed by atoms with E-state index >= 15 is 0 Å². The van der Waals surface area contributed by atoms with Gasteiger partial charge in [-0.25, -0.2) is 0 Å². The Bertz CT molecular complexity index is 836. The van der Waals surface area contributed by atoms with Gasteiger partial charge in [-0.3, -0.25) is 9.59 Å². The Hall–Kier alpha value is -1.70. The van der Waals surface area contributed by atoms with Crippen LogP contribution in [0.5, 0.6) is 0 Å². The highest BCUT2D eigenvalue weighted by molar-refractivity contribution is 7.17. The number of nitrogens with zero attached hydrogens (tertiary/aromatic N) is 1. The van der Waals surface area contributed by atoms with Gasteiger partial charge >= 0.3 is 0 Å². The van der Waals surface area contributed by atoms with E-state index in [2.05, 4.69) is 19.3 Å². The van der Waals surface area contributed by atoms with Crippen LogP contribution in [0.4, 0.5) is 5.00 Å². The molecule has 144 valence electrons. The Morgan fingerprint density at radius 1 is 1.30 bits per heavy atom. The van der Waals surface area contributed by atoms with Crippen molar-refractivity contribution in [1.82, 2.24) is 4.90 Å². The number of carbonyl (C=O) groups is 2. The van der Waals surface area contributed by atoms with E-state index in [0.717, 1.165) is 56.0 Å². The quantitative estimate of drug-likeness (QED) is 0.824. The van der Waals surface area contributed by atoms with Crippen LogP contribution >= 0.6 is 22.7 Å². The van der Waals surface area contributed by atoms with Gasteiger partial charge in [0.05, 0.1) is 43.7 Å². The van der Waals surface area contributed by atoms with Gasteiger partial charge in [-0.2, -0.15) is 0 Å². The second-order valence-corrected chi connectivity index (χ2v) is 9.79. The molecule has 2 amide bonds. The molecule has 1 saturated heterocycles. The molecule has 27 heavy (non-hydrogen) atoms. The lowest BCUT2D eigenvalue weighted by Crippen LogP contribution is -3.12. The maximum absolute atomic E-state index is 13.4. The summed E-state index contributed by atoms with van der Waals surface area (Å²) in [6.07, 6.45) is 3.04.